The van der Waals surface area contributed by atoms with Gasteiger partial charge < -0.3 is 18.9 Å². The van der Waals surface area contributed by atoms with E-state index in [1.807, 2.05) is 0 Å². The molecule has 0 saturated heterocycles. The minimum atomic E-state index is -2.41. The molecule has 4 aromatic rings. The van der Waals surface area contributed by atoms with Gasteiger partial charge in [0.05, 0.1) is 0 Å². The summed E-state index contributed by atoms with van der Waals surface area (Å²) in [5.74, 6) is -29.5. The molecule has 4 rings (SSSR count). The predicted molar refractivity (Wildman–Crippen MR) is 130 cm³/mol. The molecular formula is C29H14F10O6. The van der Waals surface area contributed by atoms with Crippen molar-refractivity contribution in [1.29, 1.82) is 0 Å². The van der Waals surface area contributed by atoms with E-state index in [9.17, 15) is 53.5 Å². The third-order valence-electron chi connectivity index (χ3n) is 5.74. The van der Waals surface area contributed by atoms with Crippen LogP contribution in [-0.4, -0.2) is 25.2 Å². The van der Waals surface area contributed by atoms with Crippen LogP contribution >= 0.6 is 0 Å². The summed E-state index contributed by atoms with van der Waals surface area (Å²) in [6.45, 7) is -1.87. The standard InChI is InChI=1S/C29H14F10O6/c30-18-20(32)24(36)28(25(37)21(18)33)44-16(40)10-42-14-5-1-12(2-6-14)9-13-3-7-15(8-4-13)43-11-17(41)45-29-26(38)22(34)19(31)23(35)27(29)39/h1-8H,9-11H2. The zero-order valence-corrected chi connectivity index (χ0v) is 22.0. The molecule has 0 amide bonds. The molecule has 0 atom stereocenters. The highest BCUT2D eigenvalue weighted by atomic mass is 19.2. The summed E-state index contributed by atoms with van der Waals surface area (Å²) in [4.78, 5) is 23.7. The van der Waals surface area contributed by atoms with Crippen LogP contribution in [-0.2, 0) is 16.0 Å². The van der Waals surface area contributed by atoms with Gasteiger partial charge in [0.1, 0.15) is 11.5 Å². The number of benzene rings is 4. The van der Waals surface area contributed by atoms with E-state index in [0.717, 1.165) is 0 Å². The largest absolute Gasteiger partial charge is 0.482 e. The van der Waals surface area contributed by atoms with Crippen LogP contribution in [0.15, 0.2) is 48.5 Å². The van der Waals surface area contributed by atoms with Gasteiger partial charge in [0, 0.05) is 0 Å². The first kappa shape index (κ1) is 32.6. The lowest BCUT2D eigenvalue weighted by Crippen LogP contribution is -2.20. The average Bonchev–Trinajstić information content (AvgIpc) is 3.04. The Hall–Kier alpha value is -5.28. The maximum absolute atomic E-state index is 13.7. The van der Waals surface area contributed by atoms with Gasteiger partial charge in [-0.3, -0.25) is 0 Å². The zero-order chi connectivity index (χ0) is 33.0. The van der Waals surface area contributed by atoms with Crippen molar-refractivity contribution in [2.45, 2.75) is 6.42 Å². The van der Waals surface area contributed by atoms with Gasteiger partial charge in [-0.15, -0.1) is 0 Å². The third-order valence-corrected chi connectivity index (χ3v) is 5.74. The van der Waals surface area contributed by atoms with Crippen LogP contribution in [0.1, 0.15) is 11.1 Å². The van der Waals surface area contributed by atoms with Crippen molar-refractivity contribution in [3.8, 4) is 23.0 Å². The molecule has 0 unspecified atom stereocenters. The normalized spacial score (nSPS) is 10.9. The first-order valence-corrected chi connectivity index (χ1v) is 12.2. The van der Waals surface area contributed by atoms with Gasteiger partial charge in [-0.05, 0) is 41.8 Å². The van der Waals surface area contributed by atoms with Crippen molar-refractivity contribution < 1.29 is 72.4 Å². The number of ether oxygens (including phenoxy) is 4. The van der Waals surface area contributed by atoms with Gasteiger partial charge in [-0.1, -0.05) is 24.3 Å². The zero-order valence-electron chi connectivity index (χ0n) is 22.0. The van der Waals surface area contributed by atoms with Gasteiger partial charge in [0.15, 0.2) is 13.2 Å². The molecule has 0 radical (unpaired) electrons. The first-order valence-electron chi connectivity index (χ1n) is 12.2. The van der Waals surface area contributed by atoms with Crippen molar-refractivity contribution in [1.82, 2.24) is 0 Å². The summed E-state index contributed by atoms with van der Waals surface area (Å²) >= 11 is 0. The number of hydrogen-bond donors (Lipinski definition) is 0. The van der Waals surface area contributed by atoms with Crippen LogP contribution in [0.3, 0.4) is 0 Å². The van der Waals surface area contributed by atoms with E-state index in [1.165, 1.54) is 24.3 Å². The lowest BCUT2D eigenvalue weighted by molar-refractivity contribution is -0.137. The predicted octanol–water partition coefficient (Wildman–Crippen LogP) is 6.64. The van der Waals surface area contributed by atoms with Crippen LogP contribution in [0.5, 0.6) is 23.0 Å². The fraction of sp³-hybridized carbons (Fsp3) is 0.103. The summed E-state index contributed by atoms with van der Waals surface area (Å²) in [6.07, 6.45) is 0.338. The molecule has 0 heterocycles. The summed E-state index contributed by atoms with van der Waals surface area (Å²) < 4.78 is 152. The molecule has 6 nitrogen and oxygen atoms in total. The van der Waals surface area contributed by atoms with Crippen LogP contribution < -0.4 is 18.9 Å². The molecule has 0 aliphatic rings. The number of carbonyl (C=O) groups is 2. The number of esters is 2. The van der Waals surface area contributed by atoms with Crippen LogP contribution in [0.4, 0.5) is 43.9 Å². The second-order valence-corrected chi connectivity index (χ2v) is 8.79. The second kappa shape index (κ2) is 13.6. The Morgan fingerprint density at radius 1 is 0.422 bits per heavy atom. The van der Waals surface area contributed by atoms with Crippen LogP contribution in [0.25, 0.3) is 0 Å². The highest BCUT2D eigenvalue weighted by Crippen LogP contribution is 2.30. The van der Waals surface area contributed by atoms with Crippen molar-refractivity contribution in [3.63, 3.8) is 0 Å². The van der Waals surface area contributed by atoms with Crippen LogP contribution in [0, 0.1) is 58.2 Å². The SMILES string of the molecule is O=C(COc1ccc(Cc2ccc(OCC(=O)Oc3c(F)c(F)c(F)c(F)c3F)cc2)cc1)Oc1c(F)c(F)c(F)c(F)c1F. The van der Waals surface area contributed by atoms with Crippen molar-refractivity contribution in [2.24, 2.45) is 0 Å². The van der Waals surface area contributed by atoms with Crippen molar-refractivity contribution in [2.75, 3.05) is 13.2 Å². The smallest absolute Gasteiger partial charge is 0.349 e. The molecular weight excluding hydrogens is 634 g/mol. The number of hydrogen-bond acceptors (Lipinski definition) is 6. The summed E-state index contributed by atoms with van der Waals surface area (Å²) in [5, 5.41) is 0. The monoisotopic (exact) mass is 648 g/mol. The van der Waals surface area contributed by atoms with E-state index >= 15 is 0 Å². The lowest BCUT2D eigenvalue weighted by atomic mass is 10.0. The summed E-state index contributed by atoms with van der Waals surface area (Å²) in [6, 6.07) is 11.9. The Bertz CT molecular complexity index is 1570. The molecule has 16 heteroatoms. The van der Waals surface area contributed by atoms with E-state index in [4.69, 9.17) is 9.47 Å². The summed E-state index contributed by atoms with van der Waals surface area (Å²) in [5.41, 5.74) is 1.43. The van der Waals surface area contributed by atoms with Gasteiger partial charge in [-0.2, -0.15) is 17.6 Å². The Kier molecular flexibility index (Phi) is 9.84. The van der Waals surface area contributed by atoms with Gasteiger partial charge in [0.2, 0.25) is 69.7 Å². The van der Waals surface area contributed by atoms with Crippen LogP contribution in [0.2, 0.25) is 0 Å². The molecule has 236 valence electrons. The molecule has 0 aliphatic heterocycles. The maximum atomic E-state index is 13.7. The van der Waals surface area contributed by atoms with E-state index in [1.54, 1.807) is 24.3 Å². The Morgan fingerprint density at radius 3 is 0.978 bits per heavy atom. The van der Waals surface area contributed by atoms with E-state index in [2.05, 4.69) is 9.47 Å². The number of carbonyl (C=O) groups excluding carboxylic acids is 2. The Morgan fingerprint density at radius 2 is 0.689 bits per heavy atom. The molecule has 0 aliphatic carbocycles. The molecule has 0 fully saturated rings. The molecule has 0 aromatic heterocycles. The molecule has 0 bridgehead atoms. The molecule has 45 heavy (non-hydrogen) atoms. The van der Waals surface area contributed by atoms with Gasteiger partial charge >= 0.3 is 11.9 Å². The van der Waals surface area contributed by atoms with Crippen molar-refractivity contribution in [3.05, 3.63) is 118 Å². The van der Waals surface area contributed by atoms with Gasteiger partial charge in [0.25, 0.3) is 0 Å². The third kappa shape index (κ3) is 7.27. The molecule has 0 spiro atoms. The first-order chi connectivity index (χ1) is 21.3. The average molecular weight is 648 g/mol. The van der Waals surface area contributed by atoms with E-state index in [0.29, 0.717) is 17.5 Å². The quantitative estimate of drug-likeness (QED) is 0.0632. The summed E-state index contributed by atoms with van der Waals surface area (Å²) in [7, 11) is 0. The molecule has 0 saturated carbocycles. The topological polar surface area (TPSA) is 71.1 Å². The maximum Gasteiger partial charge on any atom is 0.349 e. The molecule has 4 aromatic carbocycles. The Labute approximate surface area is 245 Å². The van der Waals surface area contributed by atoms with Crippen molar-refractivity contribution >= 4 is 11.9 Å². The fourth-order valence-corrected chi connectivity index (χ4v) is 3.56. The van der Waals surface area contributed by atoms with E-state index < -0.39 is 94.8 Å². The Balaban J connectivity index is 1.26. The highest BCUT2D eigenvalue weighted by Gasteiger charge is 2.30. The molecule has 0 N–H and O–H groups in total. The number of rotatable bonds is 10. The highest BCUT2D eigenvalue weighted by molar-refractivity contribution is 5.74. The van der Waals surface area contributed by atoms with E-state index in [-0.39, 0.29) is 11.5 Å². The lowest BCUT2D eigenvalue weighted by Gasteiger charge is -2.11. The minimum Gasteiger partial charge on any atom is -0.482 e. The minimum absolute atomic E-state index is 0.0922. The van der Waals surface area contributed by atoms with Gasteiger partial charge in [-0.25, -0.2) is 35.9 Å². The number of halogens is 10. The fourth-order valence-electron chi connectivity index (χ4n) is 3.56. The second-order valence-electron chi connectivity index (χ2n) is 8.79.